The Morgan fingerprint density at radius 2 is 2.05 bits per heavy atom. The Labute approximate surface area is 129 Å². The highest BCUT2D eigenvalue weighted by Crippen LogP contribution is 2.15. The second kappa shape index (κ2) is 7.36. The number of hydrogen-bond acceptors (Lipinski definition) is 3. The molecule has 1 aromatic carbocycles. The molecular formula is C15H18N2OS2. The molecule has 0 atom stereocenters. The SMILES string of the molecule is CSc1ccc(CN(C)C(=S)NCc2ccco2)cc1. The van der Waals surface area contributed by atoms with E-state index in [1.807, 2.05) is 24.1 Å². The number of hydrogen-bond donors (Lipinski definition) is 1. The number of rotatable bonds is 5. The van der Waals surface area contributed by atoms with Gasteiger partial charge in [0, 0.05) is 18.5 Å². The maximum atomic E-state index is 5.37. The monoisotopic (exact) mass is 306 g/mol. The lowest BCUT2D eigenvalue weighted by atomic mass is 10.2. The highest BCUT2D eigenvalue weighted by molar-refractivity contribution is 7.98. The lowest BCUT2D eigenvalue weighted by Crippen LogP contribution is -2.36. The van der Waals surface area contributed by atoms with E-state index in [1.54, 1.807) is 18.0 Å². The summed E-state index contributed by atoms with van der Waals surface area (Å²) in [6.07, 6.45) is 3.74. The van der Waals surface area contributed by atoms with Crippen LogP contribution < -0.4 is 5.32 Å². The predicted molar refractivity (Wildman–Crippen MR) is 87.8 cm³/mol. The average molecular weight is 306 g/mol. The molecule has 0 amide bonds. The first-order valence-corrected chi connectivity index (χ1v) is 7.96. The second-order valence-corrected chi connectivity index (χ2v) is 5.71. The van der Waals surface area contributed by atoms with Crippen molar-refractivity contribution >= 4 is 29.1 Å². The maximum Gasteiger partial charge on any atom is 0.169 e. The zero-order valence-electron chi connectivity index (χ0n) is 11.6. The molecule has 106 valence electrons. The lowest BCUT2D eigenvalue weighted by molar-refractivity contribution is 0.468. The third-order valence-electron chi connectivity index (χ3n) is 2.92. The third-order valence-corrected chi connectivity index (χ3v) is 4.12. The molecule has 0 saturated carbocycles. The van der Waals surface area contributed by atoms with Crippen molar-refractivity contribution in [2.24, 2.45) is 0 Å². The van der Waals surface area contributed by atoms with E-state index in [0.717, 1.165) is 17.4 Å². The van der Waals surface area contributed by atoms with Crippen LogP contribution in [0.5, 0.6) is 0 Å². The number of furan rings is 1. The van der Waals surface area contributed by atoms with Gasteiger partial charge in [-0.2, -0.15) is 0 Å². The zero-order valence-corrected chi connectivity index (χ0v) is 13.3. The molecule has 20 heavy (non-hydrogen) atoms. The smallest absolute Gasteiger partial charge is 0.169 e. The van der Waals surface area contributed by atoms with Gasteiger partial charge < -0.3 is 14.6 Å². The summed E-state index contributed by atoms with van der Waals surface area (Å²) < 4.78 is 5.26. The Morgan fingerprint density at radius 3 is 2.65 bits per heavy atom. The molecule has 0 saturated heterocycles. The van der Waals surface area contributed by atoms with Crippen molar-refractivity contribution in [2.75, 3.05) is 13.3 Å². The van der Waals surface area contributed by atoms with E-state index in [9.17, 15) is 0 Å². The quantitative estimate of drug-likeness (QED) is 0.674. The molecule has 0 aliphatic rings. The van der Waals surface area contributed by atoms with Crippen LogP contribution in [0, 0.1) is 0 Å². The van der Waals surface area contributed by atoms with E-state index in [2.05, 4.69) is 35.8 Å². The van der Waals surface area contributed by atoms with Crippen LogP contribution in [0.2, 0.25) is 0 Å². The number of benzene rings is 1. The normalized spacial score (nSPS) is 10.3. The minimum absolute atomic E-state index is 0.613. The standard InChI is InChI=1S/C15H18N2OS2/c1-17(11-12-5-7-14(20-2)8-6-12)15(19)16-10-13-4-3-9-18-13/h3-9H,10-11H2,1-2H3,(H,16,19). The van der Waals surface area contributed by atoms with Gasteiger partial charge in [0.25, 0.3) is 0 Å². The van der Waals surface area contributed by atoms with Gasteiger partial charge in [-0.15, -0.1) is 11.8 Å². The van der Waals surface area contributed by atoms with Crippen molar-refractivity contribution in [2.45, 2.75) is 18.0 Å². The first-order valence-electron chi connectivity index (χ1n) is 6.33. The second-order valence-electron chi connectivity index (χ2n) is 4.44. The van der Waals surface area contributed by atoms with Crippen LogP contribution >= 0.6 is 24.0 Å². The van der Waals surface area contributed by atoms with Gasteiger partial charge in [-0.25, -0.2) is 0 Å². The van der Waals surface area contributed by atoms with Crippen LogP contribution in [0.3, 0.4) is 0 Å². The molecule has 0 spiro atoms. The Hall–Kier alpha value is -1.46. The molecule has 1 N–H and O–H groups in total. The summed E-state index contributed by atoms with van der Waals surface area (Å²) in [4.78, 5) is 3.29. The first-order chi connectivity index (χ1) is 9.69. The number of nitrogens with one attached hydrogen (secondary N) is 1. The van der Waals surface area contributed by atoms with Gasteiger partial charge in [0.1, 0.15) is 5.76 Å². The predicted octanol–water partition coefficient (Wildman–Crippen LogP) is 3.51. The molecular weight excluding hydrogens is 288 g/mol. The van der Waals surface area contributed by atoms with E-state index in [1.165, 1.54) is 10.5 Å². The van der Waals surface area contributed by atoms with Crippen LogP contribution in [-0.2, 0) is 13.1 Å². The minimum atomic E-state index is 0.613. The Morgan fingerprint density at radius 1 is 1.30 bits per heavy atom. The summed E-state index contributed by atoms with van der Waals surface area (Å²) in [6, 6.07) is 12.3. The first kappa shape index (κ1) is 14.9. The number of thioether (sulfide) groups is 1. The largest absolute Gasteiger partial charge is 0.467 e. The summed E-state index contributed by atoms with van der Waals surface area (Å²) >= 11 is 7.11. The van der Waals surface area contributed by atoms with Crippen molar-refractivity contribution in [3.05, 3.63) is 54.0 Å². The van der Waals surface area contributed by atoms with Crippen LogP contribution in [0.1, 0.15) is 11.3 Å². The Kier molecular flexibility index (Phi) is 5.49. The molecule has 0 fully saturated rings. The van der Waals surface area contributed by atoms with Crippen molar-refractivity contribution < 1.29 is 4.42 Å². The summed E-state index contributed by atoms with van der Waals surface area (Å²) in [5.41, 5.74) is 1.24. The van der Waals surface area contributed by atoms with Crippen LogP contribution in [0.25, 0.3) is 0 Å². The molecule has 0 radical (unpaired) electrons. The van der Waals surface area contributed by atoms with Gasteiger partial charge in [0.05, 0.1) is 12.8 Å². The summed E-state index contributed by atoms with van der Waals surface area (Å²) in [7, 11) is 1.99. The van der Waals surface area contributed by atoms with Crippen LogP contribution in [0.4, 0.5) is 0 Å². The molecule has 0 aliphatic heterocycles. The van der Waals surface area contributed by atoms with Gasteiger partial charge in [0.2, 0.25) is 0 Å². The fourth-order valence-corrected chi connectivity index (χ4v) is 2.33. The molecule has 5 heteroatoms. The van der Waals surface area contributed by atoms with Crippen molar-refractivity contribution in [1.29, 1.82) is 0 Å². The molecule has 0 unspecified atom stereocenters. The van der Waals surface area contributed by atoms with Gasteiger partial charge in [-0.3, -0.25) is 0 Å². The molecule has 1 aromatic heterocycles. The van der Waals surface area contributed by atoms with E-state index in [-0.39, 0.29) is 0 Å². The minimum Gasteiger partial charge on any atom is -0.467 e. The van der Waals surface area contributed by atoms with E-state index >= 15 is 0 Å². The van der Waals surface area contributed by atoms with Crippen molar-refractivity contribution in [1.82, 2.24) is 10.2 Å². The lowest BCUT2D eigenvalue weighted by Gasteiger charge is -2.20. The molecule has 2 aromatic rings. The molecule has 2 rings (SSSR count). The van der Waals surface area contributed by atoms with E-state index in [4.69, 9.17) is 16.6 Å². The fraction of sp³-hybridized carbons (Fsp3) is 0.267. The highest BCUT2D eigenvalue weighted by Gasteiger charge is 2.06. The topological polar surface area (TPSA) is 28.4 Å². The van der Waals surface area contributed by atoms with Gasteiger partial charge in [0.15, 0.2) is 5.11 Å². The van der Waals surface area contributed by atoms with Crippen molar-refractivity contribution in [3.8, 4) is 0 Å². The highest BCUT2D eigenvalue weighted by atomic mass is 32.2. The molecule has 0 aliphatic carbocycles. The van der Waals surface area contributed by atoms with Crippen LogP contribution in [0.15, 0.2) is 52.0 Å². The fourth-order valence-electron chi connectivity index (χ4n) is 1.79. The number of nitrogens with zero attached hydrogens (tertiary/aromatic N) is 1. The molecule has 1 heterocycles. The van der Waals surface area contributed by atoms with E-state index in [0.29, 0.717) is 6.54 Å². The third kappa shape index (κ3) is 4.28. The Bertz CT molecular complexity index is 538. The number of thiocarbonyl (C=S) groups is 1. The Balaban J connectivity index is 1.83. The van der Waals surface area contributed by atoms with Crippen LogP contribution in [-0.4, -0.2) is 23.3 Å². The average Bonchev–Trinajstić information content (AvgIpc) is 2.98. The van der Waals surface area contributed by atoms with E-state index < -0.39 is 0 Å². The van der Waals surface area contributed by atoms with Gasteiger partial charge >= 0.3 is 0 Å². The van der Waals surface area contributed by atoms with Gasteiger partial charge in [-0.1, -0.05) is 12.1 Å². The summed E-state index contributed by atoms with van der Waals surface area (Å²) in [5, 5.41) is 3.91. The molecule has 3 nitrogen and oxygen atoms in total. The summed E-state index contributed by atoms with van der Waals surface area (Å²) in [6.45, 7) is 1.40. The maximum absolute atomic E-state index is 5.37. The summed E-state index contributed by atoms with van der Waals surface area (Å²) in [5.74, 6) is 0.880. The zero-order chi connectivity index (χ0) is 14.4. The molecule has 0 bridgehead atoms. The van der Waals surface area contributed by atoms with Crippen molar-refractivity contribution in [3.63, 3.8) is 0 Å². The van der Waals surface area contributed by atoms with Gasteiger partial charge in [-0.05, 0) is 48.3 Å².